The normalized spacial score (nSPS) is 20.0. The molecule has 0 bridgehead atoms. The van der Waals surface area contributed by atoms with E-state index >= 15 is 0 Å². The number of aromatic nitrogens is 2. The molecule has 3 aliphatic rings. The van der Waals surface area contributed by atoms with Crippen LogP contribution in [0.15, 0.2) is 175 Å². The Hall–Kier alpha value is -6.32. The quantitative estimate of drug-likeness (QED) is 0.0599. The lowest BCUT2D eigenvalue weighted by Gasteiger charge is -2.28. The third-order valence-corrected chi connectivity index (χ3v) is 11.1. The van der Waals surface area contributed by atoms with E-state index in [0.29, 0.717) is 12.2 Å². The first-order valence-corrected chi connectivity index (χ1v) is 20.0. The van der Waals surface area contributed by atoms with E-state index in [-0.39, 0.29) is 29.5 Å². The van der Waals surface area contributed by atoms with Crippen molar-refractivity contribution in [1.29, 1.82) is 10.8 Å². The molecule has 5 unspecified atom stereocenters. The molecule has 8 rings (SSSR count). The molecule has 8 nitrogen and oxygen atoms in total. The van der Waals surface area contributed by atoms with Gasteiger partial charge in [-0.05, 0) is 71.6 Å². The van der Waals surface area contributed by atoms with Crippen molar-refractivity contribution in [3.05, 3.63) is 197 Å². The monoisotopic (exact) mass is 764 g/mol. The van der Waals surface area contributed by atoms with Gasteiger partial charge >= 0.3 is 0 Å². The molecule has 3 aliphatic carbocycles. The summed E-state index contributed by atoms with van der Waals surface area (Å²) in [4.78, 5) is 10.3. The molecule has 0 amide bonds. The Labute approximate surface area is 340 Å². The van der Waals surface area contributed by atoms with Crippen LogP contribution in [0.3, 0.4) is 0 Å². The Morgan fingerprint density at radius 2 is 1.36 bits per heavy atom. The fourth-order valence-electron chi connectivity index (χ4n) is 7.76. The van der Waals surface area contributed by atoms with Gasteiger partial charge in [-0.2, -0.15) is 0 Å². The Bertz CT molecular complexity index is 2340. The summed E-state index contributed by atoms with van der Waals surface area (Å²) in [7, 11) is 0. The minimum absolute atomic E-state index is 0.0320. The van der Waals surface area contributed by atoms with Crippen LogP contribution in [-0.4, -0.2) is 21.8 Å². The molecule has 5 atom stereocenters. The van der Waals surface area contributed by atoms with Crippen LogP contribution in [0.25, 0.3) is 28.2 Å². The van der Waals surface area contributed by atoms with Gasteiger partial charge < -0.3 is 20.9 Å². The van der Waals surface area contributed by atoms with E-state index in [9.17, 15) is 0 Å². The Balaban J connectivity index is 1.09. The maximum atomic E-state index is 8.74. The van der Waals surface area contributed by atoms with Gasteiger partial charge in [0.1, 0.15) is 12.5 Å². The summed E-state index contributed by atoms with van der Waals surface area (Å²) >= 11 is 0. The fourth-order valence-corrected chi connectivity index (χ4v) is 7.76. The predicted molar refractivity (Wildman–Crippen MR) is 232 cm³/mol. The van der Waals surface area contributed by atoms with E-state index in [4.69, 9.17) is 41.7 Å². The number of ether oxygens (including phenoxy) is 2. The SMILES string of the molecule is N=C(OC(=N)C1CC=C(C2=CC(c3cc(-c4ccccc4)nc(-c4ccccc4)n3)CC(c3ccc(C(N)OC(N)c4ccccc4)cc3)=C2)CC1)C1C=CC=CC1. The molecule has 5 aromatic rings. The van der Waals surface area contributed by atoms with Crippen molar-refractivity contribution in [1.82, 2.24) is 9.97 Å². The van der Waals surface area contributed by atoms with Gasteiger partial charge in [-0.1, -0.05) is 158 Å². The smallest absolute Gasteiger partial charge is 0.196 e. The molecule has 58 heavy (non-hydrogen) atoms. The highest BCUT2D eigenvalue weighted by molar-refractivity contribution is 5.92. The van der Waals surface area contributed by atoms with E-state index in [0.717, 1.165) is 70.5 Å². The number of hydrogen-bond donors (Lipinski definition) is 4. The van der Waals surface area contributed by atoms with E-state index in [1.165, 1.54) is 11.1 Å². The van der Waals surface area contributed by atoms with Crippen LogP contribution in [0.2, 0.25) is 0 Å². The number of nitrogens with one attached hydrogen (secondary N) is 2. The molecule has 0 saturated heterocycles. The molecular formula is C50H48N6O2. The highest BCUT2D eigenvalue weighted by Crippen LogP contribution is 2.41. The first-order valence-electron chi connectivity index (χ1n) is 20.0. The molecule has 4 aromatic carbocycles. The summed E-state index contributed by atoms with van der Waals surface area (Å²) in [6.45, 7) is 0. The van der Waals surface area contributed by atoms with Crippen molar-refractivity contribution < 1.29 is 9.47 Å². The summed E-state index contributed by atoms with van der Waals surface area (Å²) in [6, 6.07) is 40.5. The molecule has 0 fully saturated rings. The first kappa shape index (κ1) is 38.5. The number of nitrogens with two attached hydrogens (primary N) is 2. The minimum atomic E-state index is -0.690. The van der Waals surface area contributed by atoms with Crippen LogP contribution in [0.5, 0.6) is 0 Å². The van der Waals surface area contributed by atoms with E-state index < -0.39 is 12.5 Å². The van der Waals surface area contributed by atoms with Crippen molar-refractivity contribution in [2.24, 2.45) is 23.3 Å². The third-order valence-electron chi connectivity index (χ3n) is 11.1. The molecular weight excluding hydrogens is 717 g/mol. The first-order chi connectivity index (χ1) is 28.4. The maximum absolute atomic E-state index is 8.74. The highest BCUT2D eigenvalue weighted by atomic mass is 16.5. The van der Waals surface area contributed by atoms with E-state index in [1.807, 2.05) is 103 Å². The third kappa shape index (κ3) is 9.11. The van der Waals surface area contributed by atoms with Crippen LogP contribution in [0, 0.1) is 22.7 Å². The average Bonchev–Trinajstić information content (AvgIpc) is 3.30. The molecule has 0 spiro atoms. The molecule has 290 valence electrons. The molecule has 0 saturated carbocycles. The summed E-state index contributed by atoms with van der Waals surface area (Å²) in [6.07, 6.45) is 17.2. The Morgan fingerprint density at radius 3 is 2.02 bits per heavy atom. The number of hydrogen-bond acceptors (Lipinski definition) is 8. The summed E-state index contributed by atoms with van der Waals surface area (Å²) in [5.74, 6) is 0.772. The molecule has 0 radical (unpaired) electrons. The van der Waals surface area contributed by atoms with E-state index in [1.54, 1.807) is 0 Å². The zero-order valence-electron chi connectivity index (χ0n) is 32.4. The zero-order valence-corrected chi connectivity index (χ0v) is 32.4. The van der Waals surface area contributed by atoms with Crippen LogP contribution in [0.1, 0.15) is 72.9 Å². The summed E-state index contributed by atoms with van der Waals surface area (Å²) in [5.41, 5.74) is 23.1. The van der Waals surface area contributed by atoms with Gasteiger partial charge in [-0.15, -0.1) is 0 Å². The lowest BCUT2D eigenvalue weighted by atomic mass is 9.79. The number of allylic oxidation sites excluding steroid dienone is 9. The van der Waals surface area contributed by atoms with Gasteiger partial charge in [0.25, 0.3) is 0 Å². The van der Waals surface area contributed by atoms with Crippen LogP contribution >= 0.6 is 0 Å². The van der Waals surface area contributed by atoms with Crippen LogP contribution in [0.4, 0.5) is 0 Å². The Kier molecular flexibility index (Phi) is 11.9. The van der Waals surface area contributed by atoms with Gasteiger partial charge in [0, 0.05) is 23.0 Å². The summed E-state index contributed by atoms with van der Waals surface area (Å²) < 4.78 is 11.8. The minimum Gasteiger partial charge on any atom is -0.429 e. The van der Waals surface area contributed by atoms with Gasteiger partial charge in [-0.3, -0.25) is 10.8 Å². The molecule has 1 heterocycles. The predicted octanol–water partition coefficient (Wildman–Crippen LogP) is 10.8. The van der Waals surface area contributed by atoms with E-state index in [2.05, 4.69) is 60.7 Å². The number of rotatable bonds is 11. The second kappa shape index (κ2) is 17.9. The van der Waals surface area contributed by atoms with Crippen molar-refractivity contribution in [3.63, 3.8) is 0 Å². The Morgan fingerprint density at radius 1 is 0.690 bits per heavy atom. The van der Waals surface area contributed by atoms with Crippen molar-refractivity contribution in [2.45, 2.75) is 50.5 Å². The zero-order chi connectivity index (χ0) is 39.8. The fraction of sp³-hybridized carbons (Fsp3) is 0.200. The van der Waals surface area contributed by atoms with Crippen molar-refractivity contribution >= 4 is 17.4 Å². The van der Waals surface area contributed by atoms with Gasteiger partial charge in [-0.25, -0.2) is 9.97 Å². The standard InChI is InChI=1S/C50H48N6O2/c51-46(36-15-7-2-8-16-36)57-48(53)38-25-21-33(22-26-38)41-29-42(34-23-27-39(28-24-34)49(54)58-47(52)37-17-9-3-10-18-37)31-43(30-41)45-32-44(35-13-5-1-6-14-35)55-50(56-45)40-19-11-4-12-20-40/h1-17,19-23,25-26,29,31-32,37,39,43,46,48,52,54H,18,24,27-28,30,51,53H2. The van der Waals surface area contributed by atoms with Gasteiger partial charge in [0.05, 0.1) is 17.3 Å². The lowest BCUT2D eigenvalue weighted by Crippen LogP contribution is -2.25. The molecule has 8 heteroatoms. The maximum Gasteiger partial charge on any atom is 0.196 e. The number of benzene rings is 4. The van der Waals surface area contributed by atoms with Crippen molar-refractivity contribution in [3.8, 4) is 22.6 Å². The second-order valence-corrected chi connectivity index (χ2v) is 15.0. The summed E-state index contributed by atoms with van der Waals surface area (Å²) in [5, 5.41) is 17.2. The molecule has 0 aliphatic heterocycles. The largest absolute Gasteiger partial charge is 0.429 e. The molecule has 6 N–H and O–H groups in total. The average molecular weight is 765 g/mol. The van der Waals surface area contributed by atoms with Crippen molar-refractivity contribution in [2.75, 3.05) is 0 Å². The van der Waals surface area contributed by atoms with Crippen LogP contribution in [-0.2, 0) is 9.47 Å². The number of nitrogens with zero attached hydrogens (tertiary/aromatic N) is 2. The van der Waals surface area contributed by atoms with Crippen LogP contribution < -0.4 is 11.5 Å². The molecule has 1 aromatic heterocycles. The lowest BCUT2D eigenvalue weighted by molar-refractivity contribution is -0.00831. The van der Waals surface area contributed by atoms with Gasteiger partial charge in [0.2, 0.25) is 0 Å². The van der Waals surface area contributed by atoms with Gasteiger partial charge in [0.15, 0.2) is 17.6 Å². The topological polar surface area (TPSA) is 144 Å². The highest BCUT2D eigenvalue weighted by Gasteiger charge is 2.27. The second-order valence-electron chi connectivity index (χ2n) is 15.0.